The maximum atomic E-state index is 10.6. The molecule has 0 radical (unpaired) electrons. The molecule has 0 saturated carbocycles. The van der Waals surface area contributed by atoms with Crippen LogP contribution in [-0.2, 0) is 5.41 Å². The highest BCUT2D eigenvalue weighted by atomic mass is 15.1. The molecule has 2 heteroatoms. The van der Waals surface area contributed by atoms with Crippen molar-refractivity contribution in [2.45, 2.75) is 84.0 Å². The lowest BCUT2D eigenvalue weighted by molar-refractivity contribution is 0.243. The lowest BCUT2D eigenvalue weighted by Crippen LogP contribution is -2.33. The van der Waals surface area contributed by atoms with E-state index in [9.17, 15) is 5.26 Å². The van der Waals surface area contributed by atoms with Crippen LogP contribution in [0.15, 0.2) is 72.3 Å². The van der Waals surface area contributed by atoms with Crippen LogP contribution in [0.4, 0.5) is 0 Å². The SMILES string of the molecule is CCCCCCC(C#N)(CCCN1CCC(=C2c3ccccc3C=Cc3ccccc32)CC1)c1ccc(C)c(C)c1. The van der Waals surface area contributed by atoms with E-state index < -0.39 is 0 Å². The van der Waals surface area contributed by atoms with Gasteiger partial charge in [0.05, 0.1) is 11.5 Å². The van der Waals surface area contributed by atoms with Gasteiger partial charge < -0.3 is 4.90 Å². The molecule has 0 spiro atoms. The molecule has 3 aromatic rings. The number of aryl methyl sites for hydroxylation is 2. The minimum absolute atomic E-state index is 0.379. The monoisotopic (exact) mass is 542 g/mol. The van der Waals surface area contributed by atoms with Gasteiger partial charge in [0.2, 0.25) is 0 Å². The average molecular weight is 543 g/mol. The highest BCUT2D eigenvalue weighted by molar-refractivity contribution is 5.94. The molecule has 0 N–H and O–H groups in total. The van der Waals surface area contributed by atoms with Gasteiger partial charge >= 0.3 is 0 Å². The van der Waals surface area contributed by atoms with Gasteiger partial charge in [-0.25, -0.2) is 0 Å². The molecule has 0 aromatic heterocycles. The first-order valence-electron chi connectivity index (χ1n) is 15.8. The molecule has 5 rings (SSSR count). The molecule has 1 saturated heterocycles. The van der Waals surface area contributed by atoms with E-state index in [0.29, 0.717) is 0 Å². The van der Waals surface area contributed by atoms with E-state index in [1.807, 2.05) is 0 Å². The molecule has 1 aliphatic heterocycles. The van der Waals surface area contributed by atoms with Crippen LogP contribution in [-0.4, -0.2) is 24.5 Å². The third-order valence-corrected chi connectivity index (χ3v) is 9.52. The summed E-state index contributed by atoms with van der Waals surface area (Å²) in [5.41, 5.74) is 11.8. The Kier molecular flexibility index (Phi) is 9.58. The number of hydrogen-bond donors (Lipinski definition) is 0. The number of benzene rings is 3. The standard InChI is InChI=1S/C39H46N2/c1-4-5-6-11-23-39(29-40,35-20-17-30(2)31(3)28-35)24-12-25-41-26-21-34(22-27-41)38-36-15-9-7-13-32(36)18-19-33-14-8-10-16-37(33)38/h7-10,13-20,28H,4-6,11-12,21-27H2,1-3H3. The van der Waals surface area contributed by atoms with E-state index in [2.05, 4.69) is 111 Å². The summed E-state index contributed by atoms with van der Waals surface area (Å²) in [6, 6.07) is 27.3. The van der Waals surface area contributed by atoms with E-state index in [1.54, 1.807) is 5.57 Å². The molecule has 1 unspecified atom stereocenters. The van der Waals surface area contributed by atoms with Gasteiger partial charge in [0.15, 0.2) is 0 Å². The van der Waals surface area contributed by atoms with Gasteiger partial charge in [0.1, 0.15) is 0 Å². The predicted octanol–water partition coefficient (Wildman–Crippen LogP) is 9.90. The van der Waals surface area contributed by atoms with Gasteiger partial charge in [-0.05, 0) is 97.0 Å². The maximum Gasteiger partial charge on any atom is 0.0823 e. The van der Waals surface area contributed by atoms with E-state index >= 15 is 0 Å². The minimum atomic E-state index is -0.379. The van der Waals surface area contributed by atoms with E-state index in [1.165, 1.54) is 63.8 Å². The summed E-state index contributed by atoms with van der Waals surface area (Å²) < 4.78 is 0. The Morgan fingerprint density at radius 1 is 0.756 bits per heavy atom. The molecule has 1 aliphatic carbocycles. The normalized spacial score (nSPS) is 16.4. The second-order valence-electron chi connectivity index (χ2n) is 12.2. The van der Waals surface area contributed by atoms with Gasteiger partial charge in [-0.1, -0.05) is 117 Å². The summed E-state index contributed by atoms with van der Waals surface area (Å²) in [7, 11) is 0. The topological polar surface area (TPSA) is 27.0 Å². The molecule has 3 aromatic carbocycles. The summed E-state index contributed by atoms with van der Waals surface area (Å²) in [5.74, 6) is 0. The first kappa shape index (κ1) is 29.1. The maximum absolute atomic E-state index is 10.6. The fraction of sp³-hybridized carbons (Fsp3) is 0.410. The van der Waals surface area contributed by atoms with Crippen molar-refractivity contribution in [2.75, 3.05) is 19.6 Å². The third kappa shape index (κ3) is 6.58. The van der Waals surface area contributed by atoms with Crippen LogP contribution >= 0.6 is 0 Å². The van der Waals surface area contributed by atoms with Crippen molar-refractivity contribution in [3.63, 3.8) is 0 Å². The van der Waals surface area contributed by atoms with Gasteiger partial charge in [0.25, 0.3) is 0 Å². The van der Waals surface area contributed by atoms with Crippen molar-refractivity contribution >= 4 is 17.7 Å². The number of fused-ring (bicyclic) bond motifs is 2. The van der Waals surface area contributed by atoms with Crippen LogP contribution < -0.4 is 0 Å². The van der Waals surface area contributed by atoms with Crippen LogP contribution in [0.25, 0.3) is 17.7 Å². The number of piperidine rings is 1. The summed E-state index contributed by atoms with van der Waals surface area (Å²) in [6.07, 6.45) is 14.6. The molecule has 0 bridgehead atoms. The zero-order valence-corrected chi connectivity index (χ0v) is 25.4. The van der Waals surface area contributed by atoms with Gasteiger partial charge in [-0.3, -0.25) is 0 Å². The van der Waals surface area contributed by atoms with Gasteiger partial charge in [0, 0.05) is 13.1 Å². The first-order valence-corrected chi connectivity index (χ1v) is 15.8. The van der Waals surface area contributed by atoms with E-state index in [4.69, 9.17) is 0 Å². The first-order chi connectivity index (χ1) is 20.0. The third-order valence-electron chi connectivity index (χ3n) is 9.52. The Balaban J connectivity index is 1.29. The zero-order valence-electron chi connectivity index (χ0n) is 25.4. The summed E-state index contributed by atoms with van der Waals surface area (Å²) in [5, 5.41) is 10.6. The van der Waals surface area contributed by atoms with Crippen LogP contribution in [0.5, 0.6) is 0 Å². The molecule has 1 atom stereocenters. The Hall–Kier alpha value is -3.41. The highest BCUT2D eigenvalue weighted by Gasteiger charge is 2.32. The lowest BCUT2D eigenvalue weighted by atomic mass is 9.73. The zero-order chi connectivity index (χ0) is 28.7. The van der Waals surface area contributed by atoms with E-state index in [0.717, 1.165) is 58.2 Å². The Morgan fingerprint density at radius 3 is 2.00 bits per heavy atom. The molecule has 1 fully saturated rings. The van der Waals surface area contributed by atoms with Gasteiger partial charge in [-0.2, -0.15) is 5.26 Å². The Bertz CT molecular complexity index is 1390. The fourth-order valence-corrected chi connectivity index (χ4v) is 6.83. The lowest BCUT2D eigenvalue weighted by Gasteiger charge is -2.32. The summed E-state index contributed by atoms with van der Waals surface area (Å²) in [4.78, 5) is 2.64. The number of nitrogens with zero attached hydrogens (tertiary/aromatic N) is 2. The number of hydrogen-bond acceptors (Lipinski definition) is 2. The second kappa shape index (κ2) is 13.5. The summed E-state index contributed by atoms with van der Waals surface area (Å²) >= 11 is 0. The van der Waals surface area contributed by atoms with Crippen molar-refractivity contribution < 1.29 is 0 Å². The average Bonchev–Trinajstić information content (AvgIpc) is 3.17. The van der Waals surface area contributed by atoms with Crippen molar-refractivity contribution in [2.24, 2.45) is 0 Å². The van der Waals surface area contributed by atoms with Crippen molar-refractivity contribution in [1.29, 1.82) is 5.26 Å². The molecule has 41 heavy (non-hydrogen) atoms. The molecule has 1 heterocycles. The van der Waals surface area contributed by atoms with Gasteiger partial charge in [-0.15, -0.1) is 0 Å². The molecule has 0 amide bonds. The van der Waals surface area contributed by atoms with Crippen LogP contribution in [0.1, 0.15) is 104 Å². The Labute approximate surface area is 248 Å². The number of likely N-dealkylation sites (tertiary alicyclic amines) is 1. The highest BCUT2D eigenvalue weighted by Crippen LogP contribution is 2.39. The molecular weight excluding hydrogens is 496 g/mol. The predicted molar refractivity (Wildman–Crippen MR) is 175 cm³/mol. The molecular formula is C39H46N2. The molecule has 212 valence electrons. The largest absolute Gasteiger partial charge is 0.303 e. The van der Waals surface area contributed by atoms with Crippen LogP contribution in [0, 0.1) is 25.2 Å². The number of nitriles is 1. The fourth-order valence-electron chi connectivity index (χ4n) is 6.83. The minimum Gasteiger partial charge on any atom is -0.303 e. The molecule has 2 nitrogen and oxygen atoms in total. The Morgan fingerprint density at radius 2 is 1.39 bits per heavy atom. The summed E-state index contributed by atoms with van der Waals surface area (Å²) in [6.45, 7) is 9.86. The molecule has 2 aliphatic rings. The van der Waals surface area contributed by atoms with Crippen molar-refractivity contribution in [3.8, 4) is 6.07 Å². The van der Waals surface area contributed by atoms with E-state index in [-0.39, 0.29) is 5.41 Å². The van der Waals surface area contributed by atoms with Crippen molar-refractivity contribution in [3.05, 3.63) is 111 Å². The quantitative estimate of drug-likeness (QED) is 0.186. The van der Waals surface area contributed by atoms with Crippen LogP contribution in [0.2, 0.25) is 0 Å². The number of unbranched alkanes of at least 4 members (excludes halogenated alkanes) is 3. The second-order valence-corrected chi connectivity index (χ2v) is 12.2. The number of rotatable bonds is 10. The smallest absolute Gasteiger partial charge is 0.0823 e. The van der Waals surface area contributed by atoms with Crippen molar-refractivity contribution in [1.82, 2.24) is 4.90 Å². The van der Waals surface area contributed by atoms with Crippen LogP contribution in [0.3, 0.4) is 0 Å².